The summed E-state index contributed by atoms with van der Waals surface area (Å²) in [7, 11) is -3.38. The Balaban J connectivity index is 2.38. The first kappa shape index (κ1) is 15.5. The highest BCUT2D eigenvalue weighted by Gasteiger charge is 2.12. The number of benzene rings is 1. The van der Waals surface area contributed by atoms with Crippen molar-refractivity contribution in [3.8, 4) is 0 Å². The molecule has 0 aliphatic heterocycles. The maximum atomic E-state index is 11.9. The van der Waals surface area contributed by atoms with Gasteiger partial charge in [0.15, 0.2) is 0 Å². The van der Waals surface area contributed by atoms with Crippen LogP contribution in [0.3, 0.4) is 0 Å². The molecule has 0 aliphatic rings. The second-order valence-electron chi connectivity index (χ2n) is 4.27. The molecule has 0 amide bonds. The molecule has 0 aromatic heterocycles. The van der Waals surface area contributed by atoms with E-state index in [2.05, 4.69) is 11.6 Å². The normalized spacial score (nSPS) is 11.7. The lowest BCUT2D eigenvalue weighted by molar-refractivity contribution is 0.571. The number of rotatable bonds is 8. The molecule has 1 N–H and O–H groups in total. The zero-order valence-corrected chi connectivity index (χ0v) is 12.2. The Morgan fingerprint density at radius 1 is 1.06 bits per heavy atom. The van der Waals surface area contributed by atoms with Crippen LogP contribution in [0.5, 0.6) is 0 Å². The fourth-order valence-corrected chi connectivity index (χ4v) is 2.83. The molecule has 0 fully saturated rings. The van der Waals surface area contributed by atoms with Crippen LogP contribution in [0.1, 0.15) is 39.0 Å². The Morgan fingerprint density at radius 3 is 2.28 bits per heavy atom. The second kappa shape index (κ2) is 7.77. The van der Waals surface area contributed by atoms with Crippen LogP contribution >= 0.6 is 11.6 Å². The molecule has 1 rings (SSSR count). The Kier molecular flexibility index (Phi) is 6.68. The molecule has 0 atom stereocenters. The zero-order chi connectivity index (χ0) is 13.4. The number of nitrogens with one attached hydrogen (secondary N) is 1. The minimum atomic E-state index is -3.38. The molecule has 0 spiro atoms. The third-order valence-electron chi connectivity index (χ3n) is 2.70. The highest BCUT2D eigenvalue weighted by molar-refractivity contribution is 7.89. The van der Waals surface area contributed by atoms with Crippen LogP contribution in [0.4, 0.5) is 0 Å². The van der Waals surface area contributed by atoms with Crippen LogP contribution in [0, 0.1) is 0 Å². The summed E-state index contributed by atoms with van der Waals surface area (Å²) in [4.78, 5) is 0.264. The van der Waals surface area contributed by atoms with Crippen LogP contribution in [-0.4, -0.2) is 15.0 Å². The minimum Gasteiger partial charge on any atom is -0.211 e. The Labute approximate surface area is 115 Å². The maximum Gasteiger partial charge on any atom is 0.240 e. The first-order valence-electron chi connectivity index (χ1n) is 6.31. The highest BCUT2D eigenvalue weighted by atomic mass is 35.5. The van der Waals surface area contributed by atoms with Crippen molar-refractivity contribution in [2.45, 2.75) is 43.9 Å². The van der Waals surface area contributed by atoms with Gasteiger partial charge in [-0.1, -0.05) is 44.2 Å². The first-order valence-corrected chi connectivity index (χ1v) is 8.17. The standard InChI is InChI=1S/C13H20ClNO2S/c1-2-3-4-5-6-11-15-18(16,17)13-9-7-12(14)8-10-13/h7-10,15H,2-6,11H2,1H3. The van der Waals surface area contributed by atoms with E-state index in [-0.39, 0.29) is 4.90 Å². The van der Waals surface area contributed by atoms with Gasteiger partial charge >= 0.3 is 0 Å². The van der Waals surface area contributed by atoms with E-state index in [1.54, 1.807) is 12.1 Å². The summed E-state index contributed by atoms with van der Waals surface area (Å²) in [6.07, 6.45) is 5.52. The van der Waals surface area contributed by atoms with E-state index >= 15 is 0 Å². The van der Waals surface area contributed by atoms with Crippen LogP contribution in [0.15, 0.2) is 29.2 Å². The van der Waals surface area contributed by atoms with Gasteiger partial charge in [0.25, 0.3) is 0 Å². The van der Waals surface area contributed by atoms with E-state index in [9.17, 15) is 8.42 Å². The van der Waals surface area contributed by atoms with Crippen molar-refractivity contribution < 1.29 is 8.42 Å². The SMILES string of the molecule is CCCCCCCNS(=O)(=O)c1ccc(Cl)cc1. The van der Waals surface area contributed by atoms with Crippen molar-refractivity contribution in [1.82, 2.24) is 4.72 Å². The van der Waals surface area contributed by atoms with E-state index in [1.807, 2.05) is 0 Å². The highest BCUT2D eigenvalue weighted by Crippen LogP contribution is 2.13. The summed E-state index contributed by atoms with van der Waals surface area (Å²) < 4.78 is 26.4. The van der Waals surface area contributed by atoms with E-state index in [1.165, 1.54) is 31.4 Å². The molecule has 3 nitrogen and oxygen atoms in total. The Bertz CT molecular complexity index is 443. The lowest BCUT2D eigenvalue weighted by Gasteiger charge is -2.06. The number of unbranched alkanes of at least 4 members (excludes halogenated alkanes) is 4. The fraction of sp³-hybridized carbons (Fsp3) is 0.538. The van der Waals surface area contributed by atoms with Crippen molar-refractivity contribution in [3.63, 3.8) is 0 Å². The molecule has 0 saturated heterocycles. The van der Waals surface area contributed by atoms with Crippen LogP contribution in [-0.2, 0) is 10.0 Å². The summed E-state index contributed by atoms with van der Waals surface area (Å²) in [6.45, 7) is 2.65. The smallest absolute Gasteiger partial charge is 0.211 e. The van der Waals surface area contributed by atoms with Gasteiger partial charge in [-0.05, 0) is 30.7 Å². The molecule has 5 heteroatoms. The van der Waals surface area contributed by atoms with E-state index < -0.39 is 10.0 Å². The average molecular weight is 290 g/mol. The molecule has 1 aromatic rings. The molecule has 18 heavy (non-hydrogen) atoms. The van der Waals surface area contributed by atoms with Gasteiger partial charge in [-0.3, -0.25) is 0 Å². The average Bonchev–Trinajstić information content (AvgIpc) is 2.34. The molecular formula is C13H20ClNO2S. The van der Waals surface area contributed by atoms with Gasteiger partial charge in [-0.2, -0.15) is 0 Å². The lowest BCUT2D eigenvalue weighted by Crippen LogP contribution is -2.24. The van der Waals surface area contributed by atoms with E-state index in [0.717, 1.165) is 12.8 Å². The van der Waals surface area contributed by atoms with Crippen molar-refractivity contribution in [2.24, 2.45) is 0 Å². The van der Waals surface area contributed by atoms with Crippen molar-refractivity contribution in [2.75, 3.05) is 6.54 Å². The predicted molar refractivity (Wildman–Crippen MR) is 75.4 cm³/mol. The van der Waals surface area contributed by atoms with Crippen molar-refractivity contribution in [3.05, 3.63) is 29.3 Å². The largest absolute Gasteiger partial charge is 0.240 e. The molecule has 0 unspecified atom stereocenters. The van der Waals surface area contributed by atoms with E-state index in [4.69, 9.17) is 11.6 Å². The summed E-state index contributed by atoms with van der Waals surface area (Å²) in [5, 5.41) is 0.536. The zero-order valence-electron chi connectivity index (χ0n) is 10.7. The van der Waals surface area contributed by atoms with Gasteiger partial charge in [0, 0.05) is 11.6 Å². The number of sulfonamides is 1. The lowest BCUT2D eigenvalue weighted by atomic mass is 10.2. The quantitative estimate of drug-likeness (QED) is 0.744. The second-order valence-corrected chi connectivity index (χ2v) is 6.47. The monoisotopic (exact) mass is 289 g/mol. The minimum absolute atomic E-state index is 0.264. The summed E-state index contributed by atoms with van der Waals surface area (Å²) in [5.41, 5.74) is 0. The molecule has 102 valence electrons. The summed E-state index contributed by atoms with van der Waals surface area (Å²) >= 11 is 5.72. The van der Waals surface area contributed by atoms with Gasteiger partial charge in [-0.25, -0.2) is 13.1 Å². The van der Waals surface area contributed by atoms with Gasteiger partial charge in [0.1, 0.15) is 0 Å². The molecule has 0 saturated carbocycles. The van der Waals surface area contributed by atoms with Crippen LogP contribution in [0.25, 0.3) is 0 Å². The van der Waals surface area contributed by atoms with Gasteiger partial charge in [0.2, 0.25) is 10.0 Å². The summed E-state index contributed by atoms with van der Waals surface area (Å²) in [6, 6.07) is 6.19. The van der Waals surface area contributed by atoms with Crippen molar-refractivity contribution >= 4 is 21.6 Å². The van der Waals surface area contributed by atoms with E-state index in [0.29, 0.717) is 11.6 Å². The van der Waals surface area contributed by atoms with Crippen LogP contribution in [0.2, 0.25) is 5.02 Å². The first-order chi connectivity index (χ1) is 8.56. The topological polar surface area (TPSA) is 46.2 Å². The third-order valence-corrected chi connectivity index (χ3v) is 4.43. The summed E-state index contributed by atoms with van der Waals surface area (Å²) in [5.74, 6) is 0. The molecular weight excluding hydrogens is 270 g/mol. The Hall–Kier alpha value is -0.580. The van der Waals surface area contributed by atoms with Crippen LogP contribution < -0.4 is 4.72 Å². The number of hydrogen-bond donors (Lipinski definition) is 1. The maximum absolute atomic E-state index is 11.9. The van der Waals surface area contributed by atoms with Gasteiger partial charge < -0.3 is 0 Å². The number of hydrogen-bond acceptors (Lipinski definition) is 2. The van der Waals surface area contributed by atoms with Crippen molar-refractivity contribution in [1.29, 1.82) is 0 Å². The molecule has 0 heterocycles. The third kappa shape index (κ3) is 5.38. The van der Waals surface area contributed by atoms with Gasteiger partial charge in [-0.15, -0.1) is 0 Å². The molecule has 0 aliphatic carbocycles. The van der Waals surface area contributed by atoms with Gasteiger partial charge in [0.05, 0.1) is 4.90 Å². The molecule has 1 aromatic carbocycles. The molecule has 0 radical (unpaired) electrons. The Morgan fingerprint density at radius 2 is 1.67 bits per heavy atom. The number of halogens is 1. The predicted octanol–water partition coefficient (Wildman–Crippen LogP) is 3.59. The molecule has 0 bridgehead atoms. The fourth-order valence-electron chi connectivity index (χ4n) is 1.63.